The molecule has 4 aromatic heterocycles. The summed E-state index contributed by atoms with van der Waals surface area (Å²) in [6, 6.07) is 5.88. The second-order valence-electron chi connectivity index (χ2n) is 4.97. The van der Waals surface area contributed by atoms with Gasteiger partial charge in [0.1, 0.15) is 0 Å². The second-order valence-corrected chi connectivity index (χ2v) is 8.40. The first-order chi connectivity index (χ1) is 12.2. The van der Waals surface area contributed by atoms with E-state index in [0.29, 0.717) is 21.8 Å². The van der Waals surface area contributed by atoms with E-state index in [-0.39, 0.29) is 0 Å². The topological polar surface area (TPSA) is 69.6 Å². The van der Waals surface area contributed by atoms with Gasteiger partial charge in [-0.3, -0.25) is 0 Å². The highest BCUT2D eigenvalue weighted by Crippen LogP contribution is 2.30. The maximum absolute atomic E-state index is 5.94. The smallest absolute Gasteiger partial charge is 0.258 e. The van der Waals surface area contributed by atoms with Gasteiger partial charge in [-0.2, -0.15) is 4.98 Å². The van der Waals surface area contributed by atoms with E-state index in [0.717, 1.165) is 28.0 Å². The average Bonchev–Trinajstić information content (AvgIpc) is 3.38. The summed E-state index contributed by atoms with van der Waals surface area (Å²) in [5.74, 6) is 2.55. The molecule has 0 aliphatic heterocycles. The molecule has 10 heteroatoms. The molecular formula is C15H12ClN5OS3. The van der Waals surface area contributed by atoms with Crippen molar-refractivity contribution < 1.29 is 4.52 Å². The van der Waals surface area contributed by atoms with E-state index in [2.05, 4.69) is 31.8 Å². The normalized spacial score (nSPS) is 11.3. The van der Waals surface area contributed by atoms with E-state index in [1.54, 1.807) is 23.1 Å². The summed E-state index contributed by atoms with van der Waals surface area (Å²) < 4.78 is 8.09. The lowest BCUT2D eigenvalue weighted by Gasteiger charge is -2.04. The van der Waals surface area contributed by atoms with Crippen LogP contribution < -0.4 is 0 Å². The molecule has 0 aliphatic carbocycles. The highest BCUT2D eigenvalue weighted by atomic mass is 35.5. The molecule has 0 atom stereocenters. The molecule has 0 unspecified atom stereocenters. The lowest BCUT2D eigenvalue weighted by molar-refractivity contribution is 0.425. The van der Waals surface area contributed by atoms with Crippen molar-refractivity contribution in [1.82, 2.24) is 24.9 Å². The fourth-order valence-electron chi connectivity index (χ4n) is 2.25. The summed E-state index contributed by atoms with van der Waals surface area (Å²) in [4.78, 5) is 5.52. The highest BCUT2D eigenvalue weighted by molar-refractivity contribution is 7.98. The summed E-state index contributed by atoms with van der Waals surface area (Å²) in [6.07, 6.45) is 0. The molecular weight excluding hydrogens is 398 g/mol. The minimum absolute atomic E-state index is 0.481. The van der Waals surface area contributed by atoms with Crippen LogP contribution in [0.25, 0.3) is 22.2 Å². The third-order valence-electron chi connectivity index (χ3n) is 3.39. The van der Waals surface area contributed by atoms with Crippen molar-refractivity contribution in [2.45, 2.75) is 24.4 Å². The third-order valence-corrected chi connectivity index (χ3v) is 6.31. The molecule has 0 aromatic carbocycles. The van der Waals surface area contributed by atoms with Crippen molar-refractivity contribution in [3.05, 3.63) is 39.1 Å². The van der Waals surface area contributed by atoms with E-state index in [1.807, 2.05) is 29.0 Å². The monoisotopic (exact) mass is 409 g/mol. The van der Waals surface area contributed by atoms with Gasteiger partial charge in [-0.25, -0.2) is 0 Å². The van der Waals surface area contributed by atoms with Crippen molar-refractivity contribution in [3.8, 4) is 22.2 Å². The third kappa shape index (κ3) is 3.50. The highest BCUT2D eigenvalue weighted by Gasteiger charge is 2.16. The molecule has 0 saturated carbocycles. The Hall–Kier alpha value is -1.68. The fourth-order valence-corrected chi connectivity index (χ4v) is 4.67. The number of nitrogens with zero attached hydrogens (tertiary/aromatic N) is 5. The standard InChI is InChI=1S/C15H12ClN5OS3/c1-2-21-13(10-4-3-5-23-10)18-19-15(21)25-8-12-17-14(22-20-12)9-6-11(16)24-7-9/h3-7H,2,8H2,1H3. The quantitative estimate of drug-likeness (QED) is 0.413. The van der Waals surface area contributed by atoms with E-state index in [1.165, 1.54) is 11.3 Å². The Morgan fingerprint density at radius 3 is 2.96 bits per heavy atom. The molecule has 4 rings (SSSR count). The molecule has 0 fully saturated rings. The fraction of sp³-hybridized carbons (Fsp3) is 0.200. The molecule has 4 heterocycles. The van der Waals surface area contributed by atoms with Gasteiger partial charge in [0.2, 0.25) is 0 Å². The van der Waals surface area contributed by atoms with E-state index in [9.17, 15) is 0 Å². The first kappa shape index (κ1) is 16.8. The average molecular weight is 410 g/mol. The van der Waals surface area contributed by atoms with Gasteiger partial charge in [0.25, 0.3) is 5.89 Å². The molecule has 0 spiro atoms. The molecule has 0 bridgehead atoms. The molecule has 0 radical (unpaired) electrons. The van der Waals surface area contributed by atoms with Gasteiger partial charge in [-0.05, 0) is 24.4 Å². The van der Waals surface area contributed by atoms with Gasteiger partial charge in [-0.1, -0.05) is 34.6 Å². The van der Waals surface area contributed by atoms with Gasteiger partial charge >= 0.3 is 0 Å². The van der Waals surface area contributed by atoms with Crippen LogP contribution in [0.5, 0.6) is 0 Å². The van der Waals surface area contributed by atoms with Crippen molar-refractivity contribution in [1.29, 1.82) is 0 Å². The minimum Gasteiger partial charge on any atom is -0.334 e. The summed E-state index contributed by atoms with van der Waals surface area (Å²) in [6.45, 7) is 2.88. The Morgan fingerprint density at radius 2 is 2.24 bits per heavy atom. The van der Waals surface area contributed by atoms with Crippen LogP contribution >= 0.6 is 46.0 Å². The van der Waals surface area contributed by atoms with Crippen molar-refractivity contribution >= 4 is 46.0 Å². The summed E-state index contributed by atoms with van der Waals surface area (Å²) in [5, 5.41) is 17.4. The number of hydrogen-bond donors (Lipinski definition) is 0. The largest absolute Gasteiger partial charge is 0.334 e. The number of thiophene rings is 2. The van der Waals surface area contributed by atoms with Gasteiger partial charge in [0.05, 0.1) is 20.5 Å². The van der Waals surface area contributed by atoms with Crippen LogP contribution in [0.4, 0.5) is 0 Å². The van der Waals surface area contributed by atoms with Crippen molar-refractivity contribution in [2.75, 3.05) is 0 Å². The lowest BCUT2D eigenvalue weighted by atomic mass is 10.3. The van der Waals surface area contributed by atoms with Gasteiger partial charge in [0, 0.05) is 11.9 Å². The molecule has 25 heavy (non-hydrogen) atoms. The van der Waals surface area contributed by atoms with Crippen LogP contribution in [0.1, 0.15) is 12.7 Å². The zero-order valence-corrected chi connectivity index (χ0v) is 16.3. The molecule has 0 saturated heterocycles. The maximum atomic E-state index is 5.94. The van der Waals surface area contributed by atoms with E-state index < -0.39 is 0 Å². The Balaban J connectivity index is 1.49. The van der Waals surface area contributed by atoms with Crippen LogP contribution in [-0.4, -0.2) is 24.9 Å². The lowest BCUT2D eigenvalue weighted by Crippen LogP contribution is -1.99. The molecule has 6 nitrogen and oxygen atoms in total. The predicted octanol–water partition coefficient (Wildman–Crippen LogP) is 5.08. The Bertz CT molecular complexity index is 975. The van der Waals surface area contributed by atoms with Crippen molar-refractivity contribution in [2.24, 2.45) is 0 Å². The van der Waals surface area contributed by atoms with E-state index >= 15 is 0 Å². The van der Waals surface area contributed by atoms with Crippen LogP contribution in [0.3, 0.4) is 0 Å². The minimum atomic E-state index is 0.481. The molecule has 128 valence electrons. The molecule has 0 amide bonds. The first-order valence-corrected chi connectivity index (χ1v) is 10.5. The number of rotatable bonds is 6. The summed E-state index contributed by atoms with van der Waals surface area (Å²) >= 11 is 10.6. The summed E-state index contributed by atoms with van der Waals surface area (Å²) in [7, 11) is 0. The maximum Gasteiger partial charge on any atom is 0.258 e. The number of thioether (sulfide) groups is 1. The number of aromatic nitrogens is 5. The predicted molar refractivity (Wildman–Crippen MR) is 101 cm³/mol. The van der Waals surface area contributed by atoms with Crippen LogP contribution in [-0.2, 0) is 12.3 Å². The van der Waals surface area contributed by atoms with Crippen LogP contribution in [0.15, 0.2) is 38.6 Å². The van der Waals surface area contributed by atoms with Gasteiger partial charge in [0.15, 0.2) is 16.8 Å². The van der Waals surface area contributed by atoms with Crippen LogP contribution in [0, 0.1) is 0 Å². The Morgan fingerprint density at radius 1 is 1.32 bits per heavy atom. The Kier molecular flexibility index (Phi) is 4.89. The van der Waals surface area contributed by atoms with Gasteiger partial charge < -0.3 is 9.09 Å². The SMILES string of the molecule is CCn1c(SCc2noc(-c3csc(Cl)c3)n2)nnc1-c1cccs1. The van der Waals surface area contributed by atoms with Gasteiger partial charge in [-0.15, -0.1) is 32.9 Å². The molecule has 0 N–H and O–H groups in total. The molecule has 0 aliphatic rings. The second kappa shape index (κ2) is 7.28. The Labute approximate surface area is 160 Å². The summed E-state index contributed by atoms with van der Waals surface area (Å²) in [5.41, 5.74) is 0.843. The van der Waals surface area contributed by atoms with Crippen LogP contribution in [0.2, 0.25) is 4.34 Å². The molecule has 4 aromatic rings. The number of halogens is 1. The zero-order chi connectivity index (χ0) is 17.2. The first-order valence-electron chi connectivity index (χ1n) is 7.41. The van der Waals surface area contributed by atoms with E-state index in [4.69, 9.17) is 16.1 Å². The number of hydrogen-bond acceptors (Lipinski definition) is 8. The zero-order valence-electron chi connectivity index (χ0n) is 13.0. The van der Waals surface area contributed by atoms with Crippen molar-refractivity contribution in [3.63, 3.8) is 0 Å².